The van der Waals surface area contributed by atoms with Gasteiger partial charge in [0.05, 0.1) is 12.6 Å². The Hall–Kier alpha value is -3.71. The molecule has 0 saturated heterocycles. The van der Waals surface area contributed by atoms with Crippen LogP contribution in [0.5, 0.6) is 5.75 Å². The van der Waals surface area contributed by atoms with Gasteiger partial charge in [0.15, 0.2) is 5.82 Å². The smallest absolute Gasteiger partial charge is 0.162 e. The molecular formula is C24H21N5OS. The van der Waals surface area contributed by atoms with Gasteiger partial charge in [-0.3, -0.25) is 0 Å². The van der Waals surface area contributed by atoms with E-state index in [0.717, 1.165) is 39.4 Å². The Morgan fingerprint density at radius 1 is 1.06 bits per heavy atom. The average molecular weight is 428 g/mol. The summed E-state index contributed by atoms with van der Waals surface area (Å²) in [5.41, 5.74) is 2.94. The highest BCUT2D eigenvalue weighted by Crippen LogP contribution is 2.32. The van der Waals surface area contributed by atoms with Crippen LogP contribution in [0.1, 0.15) is 17.4 Å². The lowest BCUT2D eigenvalue weighted by atomic mass is 10.1. The van der Waals surface area contributed by atoms with Gasteiger partial charge in [0.2, 0.25) is 0 Å². The van der Waals surface area contributed by atoms with Crippen LogP contribution < -0.4 is 10.1 Å². The first-order valence-corrected chi connectivity index (χ1v) is 10.8. The van der Waals surface area contributed by atoms with Crippen LogP contribution in [0.3, 0.4) is 0 Å². The summed E-state index contributed by atoms with van der Waals surface area (Å²) in [7, 11) is 3.67. The van der Waals surface area contributed by atoms with Crippen molar-refractivity contribution in [2.24, 2.45) is 7.05 Å². The van der Waals surface area contributed by atoms with Gasteiger partial charge >= 0.3 is 0 Å². The van der Waals surface area contributed by atoms with Crippen LogP contribution >= 0.6 is 11.3 Å². The molecule has 0 saturated carbocycles. The maximum Gasteiger partial charge on any atom is 0.162 e. The zero-order chi connectivity index (χ0) is 21.2. The molecular weight excluding hydrogens is 406 g/mol. The largest absolute Gasteiger partial charge is 0.497 e. The van der Waals surface area contributed by atoms with E-state index in [2.05, 4.69) is 21.7 Å². The van der Waals surface area contributed by atoms with Gasteiger partial charge in [0.25, 0.3) is 0 Å². The molecule has 2 aromatic carbocycles. The summed E-state index contributed by atoms with van der Waals surface area (Å²) >= 11 is 1.63. The Bertz CT molecular complexity index is 1330. The van der Waals surface area contributed by atoms with Crippen molar-refractivity contribution in [3.8, 4) is 17.1 Å². The Morgan fingerprint density at radius 2 is 1.97 bits per heavy atom. The summed E-state index contributed by atoms with van der Waals surface area (Å²) in [6, 6.07) is 17.9. The molecule has 6 nitrogen and oxygen atoms in total. The van der Waals surface area contributed by atoms with E-state index in [-0.39, 0.29) is 6.04 Å². The highest BCUT2D eigenvalue weighted by Gasteiger charge is 2.21. The number of methoxy groups -OCH3 is 1. The fourth-order valence-corrected chi connectivity index (χ4v) is 4.25. The fraction of sp³-hybridized carbons (Fsp3) is 0.125. The molecule has 1 unspecified atom stereocenters. The number of nitrogens with zero attached hydrogens (tertiary/aromatic N) is 4. The maximum absolute atomic E-state index is 5.46. The highest BCUT2D eigenvalue weighted by atomic mass is 32.1. The molecule has 0 amide bonds. The molecule has 0 bridgehead atoms. The molecule has 3 aromatic heterocycles. The van der Waals surface area contributed by atoms with Gasteiger partial charge in [-0.1, -0.05) is 24.3 Å². The molecule has 3 heterocycles. The number of imidazole rings is 1. The second-order valence-electron chi connectivity index (χ2n) is 7.18. The number of aryl methyl sites for hydroxylation is 1. The third-order valence-corrected chi connectivity index (χ3v) is 5.89. The van der Waals surface area contributed by atoms with Crippen LogP contribution in [0.2, 0.25) is 0 Å². The van der Waals surface area contributed by atoms with Crippen molar-refractivity contribution >= 4 is 28.1 Å². The van der Waals surface area contributed by atoms with E-state index < -0.39 is 0 Å². The number of ether oxygens (including phenoxy) is 1. The third-order valence-electron chi connectivity index (χ3n) is 5.21. The highest BCUT2D eigenvalue weighted by molar-refractivity contribution is 7.08. The minimum Gasteiger partial charge on any atom is -0.497 e. The molecule has 0 aliphatic carbocycles. The fourth-order valence-electron chi connectivity index (χ4n) is 3.62. The normalized spacial score (nSPS) is 12.1. The summed E-state index contributed by atoms with van der Waals surface area (Å²) < 4.78 is 7.48. The molecule has 5 rings (SSSR count). The SMILES string of the molecule is COc1cccc(C(Nc2nc(-c3ccsc3)nc3ccccc23)c2nccn2C)c1. The molecule has 0 fully saturated rings. The molecule has 0 aliphatic heterocycles. The van der Waals surface area contributed by atoms with Gasteiger partial charge < -0.3 is 14.6 Å². The number of aromatic nitrogens is 4. The van der Waals surface area contributed by atoms with E-state index in [0.29, 0.717) is 5.82 Å². The van der Waals surface area contributed by atoms with Crippen molar-refractivity contribution in [1.82, 2.24) is 19.5 Å². The summed E-state index contributed by atoms with van der Waals surface area (Å²) in [4.78, 5) is 14.3. The summed E-state index contributed by atoms with van der Waals surface area (Å²) in [6.45, 7) is 0. The monoisotopic (exact) mass is 427 g/mol. The minimum atomic E-state index is -0.219. The van der Waals surface area contributed by atoms with Crippen LogP contribution in [0, 0.1) is 0 Å². The van der Waals surface area contributed by atoms with Crippen molar-refractivity contribution in [3.05, 3.63) is 89.1 Å². The van der Waals surface area contributed by atoms with Crippen molar-refractivity contribution in [2.75, 3.05) is 12.4 Å². The van der Waals surface area contributed by atoms with Crippen molar-refractivity contribution in [2.45, 2.75) is 6.04 Å². The van der Waals surface area contributed by atoms with Crippen molar-refractivity contribution in [3.63, 3.8) is 0 Å². The van der Waals surface area contributed by atoms with Gasteiger partial charge in [-0.2, -0.15) is 11.3 Å². The van der Waals surface area contributed by atoms with E-state index in [9.17, 15) is 0 Å². The first kappa shape index (κ1) is 19.3. The van der Waals surface area contributed by atoms with E-state index in [1.165, 1.54) is 0 Å². The average Bonchev–Trinajstić information content (AvgIpc) is 3.49. The van der Waals surface area contributed by atoms with E-state index >= 15 is 0 Å². The molecule has 0 radical (unpaired) electrons. The van der Waals surface area contributed by atoms with Gasteiger partial charge in [-0.25, -0.2) is 15.0 Å². The standard InChI is InChI=1S/C24H21N5OS/c1-29-12-11-25-24(29)21(16-6-5-7-18(14-16)30-2)27-23-19-8-3-4-9-20(19)26-22(28-23)17-10-13-31-15-17/h3-15,21H,1-2H3,(H,26,27,28). The van der Waals surface area contributed by atoms with Crippen LogP contribution in [0.15, 0.2) is 77.8 Å². The molecule has 0 aliphatic rings. The first-order chi connectivity index (χ1) is 15.2. The second-order valence-corrected chi connectivity index (χ2v) is 7.96. The number of thiophene rings is 1. The van der Waals surface area contributed by atoms with Crippen LogP contribution in [0.4, 0.5) is 5.82 Å². The second kappa shape index (κ2) is 8.20. The molecule has 154 valence electrons. The minimum absolute atomic E-state index is 0.219. The van der Waals surface area contributed by atoms with Gasteiger partial charge in [0.1, 0.15) is 23.4 Å². The predicted octanol–water partition coefficient (Wildman–Crippen LogP) is 5.30. The molecule has 5 aromatic rings. The number of benzene rings is 2. The lowest BCUT2D eigenvalue weighted by molar-refractivity contribution is 0.414. The third kappa shape index (κ3) is 3.75. The van der Waals surface area contributed by atoms with Gasteiger partial charge in [0, 0.05) is 35.8 Å². The molecule has 1 N–H and O–H groups in total. The van der Waals surface area contributed by atoms with E-state index in [1.807, 2.05) is 71.7 Å². The topological polar surface area (TPSA) is 64.9 Å². The molecule has 31 heavy (non-hydrogen) atoms. The number of hydrogen-bond donors (Lipinski definition) is 1. The Morgan fingerprint density at radius 3 is 2.74 bits per heavy atom. The number of para-hydroxylation sites is 1. The van der Waals surface area contributed by atoms with Crippen molar-refractivity contribution < 1.29 is 4.74 Å². The van der Waals surface area contributed by atoms with Crippen LogP contribution in [-0.4, -0.2) is 26.6 Å². The number of hydrogen-bond acceptors (Lipinski definition) is 6. The van der Waals surface area contributed by atoms with Crippen LogP contribution in [0.25, 0.3) is 22.3 Å². The maximum atomic E-state index is 5.46. The summed E-state index contributed by atoms with van der Waals surface area (Å²) in [6.07, 6.45) is 3.75. The zero-order valence-corrected chi connectivity index (χ0v) is 18.0. The lowest BCUT2D eigenvalue weighted by Crippen LogP contribution is -2.18. The van der Waals surface area contributed by atoms with Gasteiger partial charge in [-0.05, 0) is 41.3 Å². The number of fused-ring (bicyclic) bond motifs is 1. The number of rotatable bonds is 6. The Labute approximate surface area is 184 Å². The molecule has 7 heteroatoms. The Balaban J connectivity index is 1.66. The summed E-state index contributed by atoms with van der Waals surface area (Å²) in [5.74, 6) is 3.15. The Kier molecular flexibility index (Phi) is 5.09. The molecule has 1 atom stereocenters. The quantitative estimate of drug-likeness (QED) is 0.398. The van der Waals surface area contributed by atoms with E-state index in [1.54, 1.807) is 24.6 Å². The zero-order valence-electron chi connectivity index (χ0n) is 17.2. The number of nitrogens with one attached hydrogen (secondary N) is 1. The number of anilines is 1. The van der Waals surface area contributed by atoms with Gasteiger partial charge in [-0.15, -0.1) is 0 Å². The molecule has 0 spiro atoms. The lowest BCUT2D eigenvalue weighted by Gasteiger charge is -2.21. The predicted molar refractivity (Wildman–Crippen MR) is 125 cm³/mol. The van der Waals surface area contributed by atoms with Crippen molar-refractivity contribution in [1.29, 1.82) is 0 Å². The first-order valence-electron chi connectivity index (χ1n) is 9.90. The van der Waals surface area contributed by atoms with E-state index in [4.69, 9.17) is 14.7 Å². The van der Waals surface area contributed by atoms with Crippen LogP contribution in [-0.2, 0) is 7.05 Å². The summed E-state index contributed by atoms with van der Waals surface area (Å²) in [5, 5.41) is 8.71.